The van der Waals surface area contributed by atoms with Crippen LogP contribution >= 0.6 is 11.3 Å². The number of hydrogen-bond donors (Lipinski definition) is 3. The Kier molecular flexibility index (Phi) is 6.14. The lowest BCUT2D eigenvalue weighted by Crippen LogP contribution is -2.28. The van der Waals surface area contributed by atoms with Crippen molar-refractivity contribution >= 4 is 43.0 Å². The van der Waals surface area contributed by atoms with Gasteiger partial charge in [0.2, 0.25) is 15.9 Å². The molecule has 0 saturated heterocycles. The van der Waals surface area contributed by atoms with Crippen molar-refractivity contribution in [1.29, 1.82) is 0 Å². The first-order valence-corrected chi connectivity index (χ1v) is 11.2. The minimum atomic E-state index is -3.78. The molecule has 6 nitrogen and oxygen atoms in total. The summed E-state index contributed by atoms with van der Waals surface area (Å²) in [6.07, 6.45) is -0.949. The van der Waals surface area contributed by atoms with Crippen molar-refractivity contribution in [2.75, 3.05) is 11.9 Å². The molecule has 148 valence electrons. The molecule has 1 heterocycles. The molecule has 1 atom stereocenters. The number of carbonyl (C=O) groups excluding carboxylic acids is 1. The molecule has 0 radical (unpaired) electrons. The van der Waals surface area contributed by atoms with Gasteiger partial charge in [0.1, 0.15) is 0 Å². The molecule has 3 N–H and O–H groups in total. The van der Waals surface area contributed by atoms with Gasteiger partial charge < -0.3 is 10.4 Å². The van der Waals surface area contributed by atoms with Crippen molar-refractivity contribution in [2.45, 2.75) is 24.8 Å². The first kappa shape index (κ1) is 20.5. The molecule has 0 bridgehead atoms. The van der Waals surface area contributed by atoms with Gasteiger partial charge in [-0.05, 0) is 41.1 Å². The molecule has 1 amide bonds. The highest BCUT2D eigenvalue weighted by Gasteiger charge is 2.19. The van der Waals surface area contributed by atoms with Crippen molar-refractivity contribution in [3.8, 4) is 0 Å². The molecule has 0 aliphatic carbocycles. The number of fused-ring (bicyclic) bond motifs is 1. The van der Waals surface area contributed by atoms with E-state index in [4.69, 9.17) is 0 Å². The molecule has 8 heteroatoms. The van der Waals surface area contributed by atoms with Crippen LogP contribution in [-0.4, -0.2) is 26.0 Å². The van der Waals surface area contributed by atoms with E-state index in [9.17, 15) is 18.3 Å². The van der Waals surface area contributed by atoms with Gasteiger partial charge in [-0.15, -0.1) is 11.3 Å². The van der Waals surface area contributed by atoms with Crippen LogP contribution in [0.25, 0.3) is 10.1 Å². The topological polar surface area (TPSA) is 95.5 Å². The molecule has 3 aromatic rings. The summed E-state index contributed by atoms with van der Waals surface area (Å²) >= 11 is 1.51. The van der Waals surface area contributed by atoms with E-state index >= 15 is 0 Å². The maximum atomic E-state index is 12.5. The van der Waals surface area contributed by atoms with Crippen LogP contribution < -0.4 is 10.0 Å². The molecule has 1 unspecified atom stereocenters. The first-order chi connectivity index (χ1) is 13.3. The van der Waals surface area contributed by atoms with Crippen LogP contribution in [0.1, 0.15) is 25.5 Å². The van der Waals surface area contributed by atoms with E-state index in [1.165, 1.54) is 35.6 Å². The number of carbonyl (C=O) groups is 1. The van der Waals surface area contributed by atoms with E-state index in [1.54, 1.807) is 13.8 Å². The van der Waals surface area contributed by atoms with Gasteiger partial charge in [-0.2, -0.15) is 0 Å². The van der Waals surface area contributed by atoms with Gasteiger partial charge in [0, 0.05) is 28.4 Å². The Morgan fingerprint density at radius 3 is 2.46 bits per heavy atom. The van der Waals surface area contributed by atoms with E-state index in [2.05, 4.69) is 10.0 Å². The van der Waals surface area contributed by atoms with Gasteiger partial charge in [0.05, 0.1) is 11.0 Å². The van der Waals surface area contributed by atoms with Crippen LogP contribution in [0.4, 0.5) is 5.69 Å². The Morgan fingerprint density at radius 2 is 1.79 bits per heavy atom. The fraction of sp³-hybridized carbons (Fsp3) is 0.250. The SMILES string of the molecule is CC(C)C(=O)Nc1ccc(S(=O)(=O)NCC(O)c2csc3ccccc23)cc1. The molecule has 28 heavy (non-hydrogen) atoms. The van der Waals surface area contributed by atoms with Crippen LogP contribution in [0.3, 0.4) is 0 Å². The predicted octanol–water partition coefficient (Wildman–Crippen LogP) is 3.51. The minimum Gasteiger partial charge on any atom is -0.387 e. The third-order valence-corrected chi connectivity index (χ3v) is 6.71. The van der Waals surface area contributed by atoms with Gasteiger partial charge >= 0.3 is 0 Å². The Hall–Kier alpha value is -2.26. The Bertz CT molecular complexity index is 1070. The van der Waals surface area contributed by atoms with E-state index < -0.39 is 16.1 Å². The maximum absolute atomic E-state index is 12.5. The number of sulfonamides is 1. The third kappa shape index (κ3) is 4.59. The maximum Gasteiger partial charge on any atom is 0.240 e. The second-order valence-corrected chi connectivity index (χ2v) is 9.40. The largest absolute Gasteiger partial charge is 0.387 e. The van der Waals surface area contributed by atoms with Gasteiger partial charge in [-0.1, -0.05) is 32.0 Å². The zero-order valence-electron chi connectivity index (χ0n) is 15.5. The van der Waals surface area contributed by atoms with Crippen LogP contribution in [0.2, 0.25) is 0 Å². The molecule has 2 aromatic carbocycles. The van der Waals surface area contributed by atoms with Gasteiger partial charge in [0.25, 0.3) is 0 Å². The molecular weight excluding hydrogens is 396 g/mol. The first-order valence-electron chi connectivity index (χ1n) is 8.82. The highest BCUT2D eigenvalue weighted by atomic mass is 32.2. The predicted molar refractivity (Wildman–Crippen MR) is 112 cm³/mol. The van der Waals surface area contributed by atoms with Gasteiger partial charge in [0.15, 0.2) is 0 Å². The number of hydrogen-bond acceptors (Lipinski definition) is 5. The molecule has 0 saturated carbocycles. The fourth-order valence-electron chi connectivity index (χ4n) is 2.64. The van der Waals surface area contributed by atoms with Crippen LogP contribution in [0.15, 0.2) is 58.8 Å². The monoisotopic (exact) mass is 418 g/mol. The molecule has 0 aliphatic heterocycles. The standard InChI is InChI=1S/C20H22N2O4S2/c1-13(2)20(24)22-14-7-9-15(10-8-14)28(25,26)21-11-18(23)17-12-27-19-6-4-3-5-16(17)19/h3-10,12-13,18,21,23H,11H2,1-2H3,(H,22,24). The van der Waals surface area contributed by atoms with Gasteiger partial charge in [-0.3, -0.25) is 4.79 Å². The zero-order chi connectivity index (χ0) is 20.3. The van der Waals surface area contributed by atoms with Crippen molar-refractivity contribution in [1.82, 2.24) is 4.72 Å². The quantitative estimate of drug-likeness (QED) is 0.547. The van der Waals surface area contributed by atoms with Crippen LogP contribution in [-0.2, 0) is 14.8 Å². The normalized spacial score (nSPS) is 13.0. The number of benzene rings is 2. The highest BCUT2D eigenvalue weighted by Crippen LogP contribution is 2.30. The number of anilines is 1. The number of aliphatic hydroxyl groups excluding tert-OH is 1. The summed E-state index contributed by atoms with van der Waals surface area (Å²) in [4.78, 5) is 11.8. The summed E-state index contributed by atoms with van der Waals surface area (Å²) in [7, 11) is -3.78. The van der Waals surface area contributed by atoms with Crippen molar-refractivity contribution in [3.63, 3.8) is 0 Å². The Morgan fingerprint density at radius 1 is 1.11 bits per heavy atom. The number of aliphatic hydroxyl groups is 1. The Labute approximate surface area is 168 Å². The smallest absolute Gasteiger partial charge is 0.240 e. The Balaban J connectivity index is 1.67. The lowest BCUT2D eigenvalue weighted by molar-refractivity contribution is -0.118. The summed E-state index contributed by atoms with van der Waals surface area (Å²) in [6.45, 7) is 3.43. The summed E-state index contributed by atoms with van der Waals surface area (Å²) in [6, 6.07) is 13.6. The second-order valence-electron chi connectivity index (χ2n) is 6.72. The van der Waals surface area contributed by atoms with Crippen molar-refractivity contribution in [2.24, 2.45) is 5.92 Å². The van der Waals surface area contributed by atoms with E-state index in [1.807, 2.05) is 29.6 Å². The average molecular weight is 419 g/mol. The lowest BCUT2D eigenvalue weighted by Gasteiger charge is -2.13. The van der Waals surface area contributed by atoms with Crippen LogP contribution in [0.5, 0.6) is 0 Å². The van der Waals surface area contributed by atoms with Gasteiger partial charge in [-0.25, -0.2) is 13.1 Å². The van der Waals surface area contributed by atoms with E-state index in [-0.39, 0.29) is 23.3 Å². The van der Waals surface area contributed by atoms with E-state index in [0.717, 1.165) is 10.1 Å². The number of nitrogens with one attached hydrogen (secondary N) is 2. The van der Waals surface area contributed by atoms with E-state index in [0.29, 0.717) is 11.3 Å². The molecule has 0 aliphatic rings. The summed E-state index contributed by atoms with van der Waals surface area (Å²) in [5.41, 5.74) is 1.23. The molecule has 3 rings (SSSR count). The molecular formula is C20H22N2O4S2. The number of thiophene rings is 1. The minimum absolute atomic E-state index is 0.0671. The van der Waals surface area contributed by atoms with Crippen LogP contribution in [0, 0.1) is 5.92 Å². The van der Waals surface area contributed by atoms with Crippen molar-refractivity contribution in [3.05, 3.63) is 59.5 Å². The summed E-state index contributed by atoms with van der Waals surface area (Å²) < 4.78 is 28.5. The highest BCUT2D eigenvalue weighted by molar-refractivity contribution is 7.89. The second kappa shape index (κ2) is 8.40. The van der Waals surface area contributed by atoms with Crippen molar-refractivity contribution < 1.29 is 18.3 Å². The zero-order valence-corrected chi connectivity index (χ0v) is 17.2. The average Bonchev–Trinajstić information content (AvgIpc) is 3.11. The number of rotatable bonds is 7. The number of amides is 1. The summed E-state index contributed by atoms with van der Waals surface area (Å²) in [5, 5.41) is 15.9. The lowest BCUT2D eigenvalue weighted by atomic mass is 10.1. The molecule has 0 fully saturated rings. The summed E-state index contributed by atoms with van der Waals surface area (Å²) in [5.74, 6) is -0.306. The molecule has 0 spiro atoms. The molecule has 1 aromatic heterocycles. The third-order valence-electron chi connectivity index (χ3n) is 4.29. The fourth-order valence-corrected chi connectivity index (χ4v) is 4.69.